The molecule has 98 valence electrons. The number of rotatable bonds is 2. The molecule has 1 heterocycles. The molecule has 1 aromatic carbocycles. The molecule has 0 fully saturated rings. The van der Waals surface area contributed by atoms with Crippen molar-refractivity contribution >= 4 is 11.3 Å². The zero-order valence-corrected chi connectivity index (χ0v) is 11.6. The lowest BCUT2D eigenvalue weighted by Gasteiger charge is -2.31. The molecule has 0 aromatic heterocycles. The summed E-state index contributed by atoms with van der Waals surface area (Å²) in [5, 5.41) is 18.3. The highest BCUT2D eigenvalue weighted by atomic mass is 15.1. The van der Waals surface area contributed by atoms with E-state index in [1.165, 1.54) is 0 Å². The van der Waals surface area contributed by atoms with Gasteiger partial charge in [0, 0.05) is 29.1 Å². The number of nitrogens with zero attached hydrogens (tertiary/aromatic N) is 3. The molecule has 0 bridgehead atoms. The number of hydrogen-bond donors (Lipinski definition) is 0. The van der Waals surface area contributed by atoms with Crippen molar-refractivity contribution < 1.29 is 0 Å². The number of benzene rings is 1. The topological polar surface area (TPSA) is 50.8 Å². The van der Waals surface area contributed by atoms with Crippen LogP contribution in [0.3, 0.4) is 0 Å². The number of hydrogen-bond acceptors (Lipinski definition) is 3. The quantitative estimate of drug-likeness (QED) is 0.761. The van der Waals surface area contributed by atoms with E-state index in [1.807, 2.05) is 61.6 Å². The molecule has 0 N–H and O–H groups in total. The third-order valence-corrected chi connectivity index (χ3v) is 3.24. The van der Waals surface area contributed by atoms with Gasteiger partial charge in [-0.1, -0.05) is 24.3 Å². The van der Waals surface area contributed by atoms with Gasteiger partial charge in [0.15, 0.2) is 0 Å². The zero-order chi connectivity index (χ0) is 14.5. The molecule has 1 aliphatic heterocycles. The van der Waals surface area contributed by atoms with Crippen LogP contribution in [0, 0.1) is 22.7 Å². The summed E-state index contributed by atoms with van der Waals surface area (Å²) in [4.78, 5) is 2.17. The molecule has 0 amide bonds. The van der Waals surface area contributed by atoms with Crippen molar-refractivity contribution in [1.29, 1.82) is 10.5 Å². The lowest BCUT2D eigenvalue weighted by atomic mass is 9.93. The first-order valence-electron chi connectivity index (χ1n) is 6.52. The van der Waals surface area contributed by atoms with Gasteiger partial charge in [-0.15, -0.1) is 0 Å². The highest BCUT2D eigenvalue weighted by molar-refractivity contribution is 5.92. The van der Waals surface area contributed by atoms with Gasteiger partial charge in [-0.2, -0.15) is 10.5 Å². The molecule has 1 aliphatic rings. The van der Waals surface area contributed by atoms with Gasteiger partial charge in [-0.25, -0.2) is 0 Å². The van der Waals surface area contributed by atoms with Crippen LogP contribution in [0.4, 0.5) is 5.69 Å². The minimum absolute atomic E-state index is 0.148. The summed E-state index contributed by atoms with van der Waals surface area (Å²) in [6, 6.07) is 11.8. The Morgan fingerprint density at radius 2 is 1.95 bits per heavy atom. The van der Waals surface area contributed by atoms with Crippen LogP contribution in [0.2, 0.25) is 0 Å². The fraction of sp³-hybridized carbons (Fsp3) is 0.176. The van der Waals surface area contributed by atoms with Gasteiger partial charge < -0.3 is 4.90 Å². The van der Waals surface area contributed by atoms with Crippen LogP contribution in [0.5, 0.6) is 0 Å². The van der Waals surface area contributed by atoms with Crippen LogP contribution in [0.15, 0.2) is 53.8 Å². The summed E-state index contributed by atoms with van der Waals surface area (Å²) in [5.41, 5.74) is 3.80. The first-order valence-corrected chi connectivity index (χ1v) is 6.52. The van der Waals surface area contributed by atoms with Crippen LogP contribution in [0.1, 0.15) is 19.4 Å². The van der Waals surface area contributed by atoms with E-state index in [-0.39, 0.29) is 5.57 Å². The van der Waals surface area contributed by atoms with Crippen LogP contribution >= 0.6 is 0 Å². The SMILES string of the molecule is C/C=C/C1=CC(=C(C#N)C#N)c2ccccc2N1CC. The van der Waals surface area contributed by atoms with Gasteiger partial charge in [0.1, 0.15) is 17.7 Å². The number of allylic oxidation sites excluding steroid dienone is 5. The van der Waals surface area contributed by atoms with Crippen molar-refractivity contribution in [3.05, 3.63) is 59.3 Å². The van der Waals surface area contributed by atoms with Crippen molar-refractivity contribution in [1.82, 2.24) is 0 Å². The van der Waals surface area contributed by atoms with Crippen LogP contribution in [0.25, 0.3) is 5.57 Å². The Labute approximate surface area is 119 Å². The maximum absolute atomic E-state index is 9.15. The average molecular weight is 261 g/mol. The Morgan fingerprint density at radius 3 is 2.55 bits per heavy atom. The molecule has 20 heavy (non-hydrogen) atoms. The van der Waals surface area contributed by atoms with Crippen molar-refractivity contribution in [2.24, 2.45) is 0 Å². The lowest BCUT2D eigenvalue weighted by molar-refractivity contribution is 0.968. The second-order valence-electron chi connectivity index (χ2n) is 4.34. The van der Waals surface area contributed by atoms with Gasteiger partial charge in [-0.05, 0) is 32.1 Å². The number of fused-ring (bicyclic) bond motifs is 1. The Hall–Kier alpha value is -2.78. The van der Waals surface area contributed by atoms with Crippen molar-refractivity contribution in [2.75, 3.05) is 11.4 Å². The summed E-state index contributed by atoms with van der Waals surface area (Å²) in [6.45, 7) is 4.86. The number of likely N-dealkylation sites (N-methyl/N-ethyl adjacent to an activating group) is 1. The molecule has 0 spiro atoms. The van der Waals surface area contributed by atoms with E-state index >= 15 is 0 Å². The summed E-state index contributed by atoms with van der Waals surface area (Å²) in [6.07, 6.45) is 5.86. The predicted molar refractivity (Wildman–Crippen MR) is 80.5 cm³/mol. The first-order chi connectivity index (χ1) is 9.76. The Balaban J connectivity index is 2.77. The second-order valence-corrected chi connectivity index (χ2v) is 4.34. The van der Waals surface area contributed by atoms with E-state index in [9.17, 15) is 0 Å². The molecule has 3 heteroatoms. The molecular formula is C17H15N3. The van der Waals surface area contributed by atoms with E-state index in [0.29, 0.717) is 5.57 Å². The molecule has 0 saturated carbocycles. The fourth-order valence-corrected chi connectivity index (χ4v) is 2.39. The fourth-order valence-electron chi connectivity index (χ4n) is 2.39. The second kappa shape index (κ2) is 5.91. The third kappa shape index (κ3) is 2.22. The molecule has 0 aliphatic carbocycles. The molecule has 1 aromatic rings. The smallest absolute Gasteiger partial charge is 0.137 e. The maximum Gasteiger partial charge on any atom is 0.137 e. The van der Waals surface area contributed by atoms with Crippen LogP contribution < -0.4 is 4.90 Å². The van der Waals surface area contributed by atoms with E-state index in [2.05, 4.69) is 11.8 Å². The largest absolute Gasteiger partial charge is 0.341 e. The summed E-state index contributed by atoms with van der Waals surface area (Å²) >= 11 is 0. The standard InChI is InChI=1S/C17H15N3/c1-3-7-14-10-16(13(11-18)12-19)15-8-5-6-9-17(15)20(14)4-2/h3,5-10H,4H2,1-2H3/b7-3+. The van der Waals surface area contributed by atoms with E-state index in [0.717, 1.165) is 23.5 Å². The molecule has 3 nitrogen and oxygen atoms in total. The zero-order valence-electron chi connectivity index (χ0n) is 11.6. The first kappa shape index (κ1) is 13.6. The number of para-hydroxylation sites is 1. The number of nitriles is 2. The Morgan fingerprint density at radius 1 is 1.25 bits per heavy atom. The number of anilines is 1. The summed E-state index contributed by atoms with van der Waals surface area (Å²) < 4.78 is 0. The van der Waals surface area contributed by atoms with Crippen LogP contribution in [-0.4, -0.2) is 6.54 Å². The highest BCUT2D eigenvalue weighted by Crippen LogP contribution is 2.37. The van der Waals surface area contributed by atoms with Gasteiger partial charge in [0.2, 0.25) is 0 Å². The van der Waals surface area contributed by atoms with Gasteiger partial charge >= 0.3 is 0 Å². The van der Waals surface area contributed by atoms with Gasteiger partial charge in [-0.3, -0.25) is 0 Å². The average Bonchev–Trinajstić information content (AvgIpc) is 2.49. The van der Waals surface area contributed by atoms with E-state index in [1.54, 1.807) is 0 Å². The normalized spacial score (nSPS) is 13.5. The summed E-state index contributed by atoms with van der Waals surface area (Å²) in [7, 11) is 0. The predicted octanol–water partition coefficient (Wildman–Crippen LogP) is 3.79. The van der Waals surface area contributed by atoms with Crippen molar-refractivity contribution in [3.8, 4) is 12.1 Å². The molecule has 0 unspecified atom stereocenters. The van der Waals surface area contributed by atoms with Crippen molar-refractivity contribution in [2.45, 2.75) is 13.8 Å². The minimum atomic E-state index is 0.148. The van der Waals surface area contributed by atoms with E-state index < -0.39 is 0 Å². The molecule has 0 saturated heterocycles. The Kier molecular flexibility index (Phi) is 4.03. The van der Waals surface area contributed by atoms with Crippen LogP contribution in [-0.2, 0) is 0 Å². The minimum Gasteiger partial charge on any atom is -0.341 e. The van der Waals surface area contributed by atoms with Crippen molar-refractivity contribution in [3.63, 3.8) is 0 Å². The van der Waals surface area contributed by atoms with Gasteiger partial charge in [0.05, 0.1) is 0 Å². The summed E-state index contributed by atoms with van der Waals surface area (Å²) in [5.74, 6) is 0. The highest BCUT2D eigenvalue weighted by Gasteiger charge is 2.22. The molecular weight excluding hydrogens is 246 g/mol. The maximum atomic E-state index is 9.15. The van der Waals surface area contributed by atoms with E-state index in [4.69, 9.17) is 10.5 Å². The lowest BCUT2D eigenvalue weighted by Crippen LogP contribution is -2.24. The Bertz CT molecular complexity index is 678. The third-order valence-electron chi connectivity index (χ3n) is 3.24. The monoisotopic (exact) mass is 261 g/mol. The van der Waals surface area contributed by atoms with Gasteiger partial charge in [0.25, 0.3) is 0 Å². The molecule has 0 radical (unpaired) electrons. The molecule has 0 atom stereocenters. The molecule has 2 rings (SSSR count).